The number of nitrogens with one attached hydrogen (secondary N) is 1. The molecular formula is C11H10N2O3. The minimum Gasteiger partial charge on any atom is -0.383 e. The number of hydrogen-bond acceptors (Lipinski definition) is 4. The van der Waals surface area contributed by atoms with Crippen molar-refractivity contribution in [1.29, 1.82) is 0 Å². The quantitative estimate of drug-likeness (QED) is 0.362. The van der Waals surface area contributed by atoms with Crippen molar-refractivity contribution in [2.45, 2.75) is 6.42 Å². The van der Waals surface area contributed by atoms with E-state index >= 15 is 0 Å². The monoisotopic (exact) mass is 218 g/mol. The Balaban J connectivity index is 3.08. The molecule has 1 aromatic carbocycles. The predicted molar refractivity (Wildman–Crippen MR) is 60.2 cm³/mol. The SMILES string of the molecule is CNc1ccc(C#CCC=O)cc1[N+](=O)[O-]. The van der Waals surface area contributed by atoms with Gasteiger partial charge in [0.2, 0.25) is 0 Å². The van der Waals surface area contributed by atoms with Gasteiger partial charge in [-0.3, -0.25) is 10.1 Å². The van der Waals surface area contributed by atoms with Crippen molar-refractivity contribution in [3.05, 3.63) is 33.9 Å². The fourth-order valence-corrected chi connectivity index (χ4v) is 1.17. The van der Waals surface area contributed by atoms with Gasteiger partial charge in [0.1, 0.15) is 12.0 Å². The second-order valence-corrected chi connectivity index (χ2v) is 2.91. The first-order valence-corrected chi connectivity index (χ1v) is 4.57. The van der Waals surface area contributed by atoms with Crippen LogP contribution in [-0.2, 0) is 4.79 Å². The van der Waals surface area contributed by atoms with Crippen LogP contribution in [-0.4, -0.2) is 18.3 Å². The Hall–Kier alpha value is -2.35. The minimum absolute atomic E-state index is 0.0274. The van der Waals surface area contributed by atoms with E-state index in [9.17, 15) is 14.9 Å². The van der Waals surface area contributed by atoms with Gasteiger partial charge >= 0.3 is 0 Å². The van der Waals surface area contributed by atoms with E-state index in [1.807, 2.05) is 0 Å². The van der Waals surface area contributed by atoms with Crippen LogP contribution in [0, 0.1) is 22.0 Å². The fourth-order valence-electron chi connectivity index (χ4n) is 1.17. The number of hydrogen-bond donors (Lipinski definition) is 1. The molecular weight excluding hydrogens is 208 g/mol. The van der Waals surface area contributed by atoms with Crippen LogP contribution in [0.2, 0.25) is 0 Å². The average Bonchev–Trinajstić information content (AvgIpc) is 2.29. The summed E-state index contributed by atoms with van der Waals surface area (Å²) in [6.45, 7) is 0. The molecule has 0 unspecified atom stereocenters. The van der Waals surface area contributed by atoms with Gasteiger partial charge in [0.05, 0.1) is 11.3 Å². The third-order valence-corrected chi connectivity index (χ3v) is 1.88. The average molecular weight is 218 g/mol. The van der Waals surface area contributed by atoms with E-state index in [0.717, 1.165) is 0 Å². The van der Waals surface area contributed by atoms with Gasteiger partial charge in [-0.15, -0.1) is 0 Å². The number of carbonyl (C=O) groups excluding carboxylic acids is 1. The molecule has 5 heteroatoms. The zero-order valence-electron chi connectivity index (χ0n) is 8.69. The number of rotatable bonds is 3. The molecule has 0 aliphatic carbocycles. The van der Waals surface area contributed by atoms with Crippen LogP contribution in [0.4, 0.5) is 11.4 Å². The molecule has 0 fully saturated rings. The topological polar surface area (TPSA) is 72.2 Å². The Morgan fingerprint density at radius 1 is 1.56 bits per heavy atom. The van der Waals surface area contributed by atoms with E-state index in [0.29, 0.717) is 17.5 Å². The summed E-state index contributed by atoms with van der Waals surface area (Å²) in [7, 11) is 1.61. The molecule has 82 valence electrons. The summed E-state index contributed by atoms with van der Waals surface area (Å²) in [6.07, 6.45) is 0.810. The van der Waals surface area contributed by atoms with E-state index < -0.39 is 4.92 Å². The van der Waals surface area contributed by atoms with Crippen LogP contribution < -0.4 is 5.32 Å². The van der Waals surface area contributed by atoms with Gasteiger partial charge in [-0.05, 0) is 12.1 Å². The first-order chi connectivity index (χ1) is 7.69. The number of benzene rings is 1. The number of nitrogens with zero attached hydrogens (tertiary/aromatic N) is 1. The standard InChI is InChI=1S/C11H10N2O3/c1-12-10-6-5-9(4-2-3-7-14)8-11(10)13(15)16/h5-8,12H,3H2,1H3. The summed E-state index contributed by atoms with van der Waals surface area (Å²) in [5.74, 6) is 5.27. The maximum atomic E-state index is 10.7. The molecule has 1 aromatic rings. The molecule has 1 N–H and O–H groups in total. The molecule has 0 aliphatic rings. The number of nitro benzene ring substituents is 1. The Labute approximate surface area is 92.6 Å². The highest BCUT2D eigenvalue weighted by molar-refractivity contribution is 5.64. The molecule has 0 amide bonds. The molecule has 0 saturated heterocycles. The second-order valence-electron chi connectivity index (χ2n) is 2.91. The maximum absolute atomic E-state index is 10.7. The molecule has 1 rings (SSSR count). The number of carbonyl (C=O) groups is 1. The largest absolute Gasteiger partial charge is 0.383 e. The number of aldehydes is 1. The lowest BCUT2D eigenvalue weighted by atomic mass is 10.1. The highest BCUT2D eigenvalue weighted by Crippen LogP contribution is 2.24. The first kappa shape index (κ1) is 11.7. The zero-order valence-corrected chi connectivity index (χ0v) is 8.69. The Kier molecular flexibility index (Phi) is 4.04. The Morgan fingerprint density at radius 2 is 2.31 bits per heavy atom. The normalized spacial score (nSPS) is 8.81. The van der Waals surface area contributed by atoms with Crippen molar-refractivity contribution in [2.24, 2.45) is 0 Å². The molecule has 0 spiro atoms. The third kappa shape index (κ3) is 2.82. The van der Waals surface area contributed by atoms with E-state index in [4.69, 9.17) is 0 Å². The van der Waals surface area contributed by atoms with Crippen LogP contribution in [0.15, 0.2) is 18.2 Å². The Morgan fingerprint density at radius 3 is 2.88 bits per heavy atom. The van der Waals surface area contributed by atoms with Gasteiger partial charge in [0, 0.05) is 18.7 Å². The van der Waals surface area contributed by atoms with E-state index in [-0.39, 0.29) is 12.1 Å². The molecule has 16 heavy (non-hydrogen) atoms. The Bertz CT molecular complexity index is 472. The summed E-state index contributed by atoms with van der Waals surface area (Å²) in [5, 5.41) is 13.4. The minimum atomic E-state index is -0.475. The molecule has 5 nitrogen and oxygen atoms in total. The summed E-state index contributed by atoms with van der Waals surface area (Å²) in [6, 6.07) is 4.63. The lowest BCUT2D eigenvalue weighted by Gasteiger charge is -2.01. The summed E-state index contributed by atoms with van der Waals surface area (Å²) in [4.78, 5) is 20.3. The zero-order chi connectivity index (χ0) is 12.0. The molecule has 0 bridgehead atoms. The van der Waals surface area contributed by atoms with Crippen LogP contribution in [0.25, 0.3) is 0 Å². The van der Waals surface area contributed by atoms with Gasteiger partial charge in [-0.2, -0.15) is 0 Å². The smallest absolute Gasteiger partial charge is 0.293 e. The first-order valence-electron chi connectivity index (χ1n) is 4.57. The molecule has 0 saturated carbocycles. The number of anilines is 1. The van der Waals surface area contributed by atoms with Crippen molar-refractivity contribution in [2.75, 3.05) is 12.4 Å². The fraction of sp³-hybridized carbons (Fsp3) is 0.182. The van der Waals surface area contributed by atoms with Crippen LogP contribution in [0.5, 0.6) is 0 Å². The lowest BCUT2D eigenvalue weighted by Crippen LogP contribution is -1.96. The maximum Gasteiger partial charge on any atom is 0.293 e. The van der Waals surface area contributed by atoms with Crippen molar-refractivity contribution in [3.63, 3.8) is 0 Å². The van der Waals surface area contributed by atoms with E-state index in [1.165, 1.54) is 6.07 Å². The molecule has 0 heterocycles. The molecule has 0 radical (unpaired) electrons. The number of nitro groups is 1. The van der Waals surface area contributed by atoms with Crippen molar-refractivity contribution < 1.29 is 9.72 Å². The third-order valence-electron chi connectivity index (χ3n) is 1.88. The van der Waals surface area contributed by atoms with Gasteiger partial charge in [-0.1, -0.05) is 11.8 Å². The lowest BCUT2D eigenvalue weighted by molar-refractivity contribution is -0.384. The molecule has 0 aromatic heterocycles. The van der Waals surface area contributed by atoms with Gasteiger partial charge in [0.15, 0.2) is 0 Å². The summed E-state index contributed by atoms with van der Waals surface area (Å²) < 4.78 is 0. The van der Waals surface area contributed by atoms with Gasteiger partial charge in [0.25, 0.3) is 5.69 Å². The van der Waals surface area contributed by atoms with E-state index in [1.54, 1.807) is 19.2 Å². The predicted octanol–water partition coefficient (Wildman–Crippen LogP) is 1.58. The van der Waals surface area contributed by atoms with E-state index in [2.05, 4.69) is 17.2 Å². The van der Waals surface area contributed by atoms with Crippen molar-refractivity contribution >= 4 is 17.7 Å². The van der Waals surface area contributed by atoms with Crippen LogP contribution >= 0.6 is 0 Å². The van der Waals surface area contributed by atoms with Crippen LogP contribution in [0.3, 0.4) is 0 Å². The summed E-state index contributed by atoms with van der Waals surface area (Å²) in [5.41, 5.74) is 0.930. The van der Waals surface area contributed by atoms with Gasteiger partial charge in [-0.25, -0.2) is 0 Å². The van der Waals surface area contributed by atoms with Gasteiger partial charge < -0.3 is 10.1 Å². The highest BCUT2D eigenvalue weighted by atomic mass is 16.6. The molecule has 0 atom stereocenters. The second kappa shape index (κ2) is 5.51. The molecule has 0 aliphatic heterocycles. The highest BCUT2D eigenvalue weighted by Gasteiger charge is 2.12. The van der Waals surface area contributed by atoms with Crippen LogP contribution in [0.1, 0.15) is 12.0 Å². The van der Waals surface area contributed by atoms with Crippen molar-refractivity contribution in [3.8, 4) is 11.8 Å². The summed E-state index contributed by atoms with van der Waals surface area (Å²) >= 11 is 0. The van der Waals surface area contributed by atoms with Crippen molar-refractivity contribution in [1.82, 2.24) is 0 Å².